The molecule has 1 aliphatic rings. The molecule has 0 aliphatic carbocycles. The summed E-state index contributed by atoms with van der Waals surface area (Å²) in [6, 6.07) is 0. The summed E-state index contributed by atoms with van der Waals surface area (Å²) in [7, 11) is 1.94. The lowest BCUT2D eigenvalue weighted by Gasteiger charge is -2.18. The van der Waals surface area contributed by atoms with Gasteiger partial charge < -0.3 is 5.32 Å². The summed E-state index contributed by atoms with van der Waals surface area (Å²) in [6.45, 7) is 5.39. The summed E-state index contributed by atoms with van der Waals surface area (Å²) in [4.78, 5) is 6.65. The van der Waals surface area contributed by atoms with Gasteiger partial charge in [0, 0.05) is 20.1 Å². The average Bonchev–Trinajstić information content (AvgIpc) is 2.44. The van der Waals surface area contributed by atoms with E-state index in [1.807, 2.05) is 11.7 Å². The first kappa shape index (κ1) is 9.61. The highest BCUT2D eigenvalue weighted by atomic mass is 15.3. The number of nitrogens with one attached hydrogen (secondary N) is 1. The largest absolute Gasteiger partial charge is 0.315 e. The molecule has 5 nitrogen and oxygen atoms in total. The van der Waals surface area contributed by atoms with Crippen molar-refractivity contribution in [3.63, 3.8) is 0 Å². The van der Waals surface area contributed by atoms with Crippen molar-refractivity contribution >= 4 is 0 Å². The first-order valence-corrected chi connectivity index (χ1v) is 5.12. The number of aromatic nitrogens is 3. The lowest BCUT2D eigenvalue weighted by Crippen LogP contribution is -2.28. The summed E-state index contributed by atoms with van der Waals surface area (Å²) >= 11 is 0. The van der Waals surface area contributed by atoms with Crippen LogP contribution in [0.25, 0.3) is 0 Å². The van der Waals surface area contributed by atoms with Gasteiger partial charge in [-0.15, -0.1) is 0 Å². The van der Waals surface area contributed by atoms with E-state index < -0.39 is 0 Å². The van der Waals surface area contributed by atoms with Crippen LogP contribution < -0.4 is 5.32 Å². The zero-order valence-corrected chi connectivity index (χ0v) is 8.61. The van der Waals surface area contributed by atoms with Crippen molar-refractivity contribution < 1.29 is 0 Å². The van der Waals surface area contributed by atoms with Gasteiger partial charge in [0.05, 0.1) is 6.54 Å². The van der Waals surface area contributed by atoms with E-state index in [1.54, 1.807) is 6.33 Å². The summed E-state index contributed by atoms with van der Waals surface area (Å²) in [5.41, 5.74) is 0. The molecule has 1 fully saturated rings. The Hall–Kier alpha value is -0.940. The van der Waals surface area contributed by atoms with Gasteiger partial charge in [0.1, 0.15) is 12.2 Å². The minimum atomic E-state index is 0.915. The van der Waals surface area contributed by atoms with Crippen LogP contribution in [0.5, 0.6) is 0 Å². The van der Waals surface area contributed by atoms with Crippen molar-refractivity contribution in [2.75, 3.05) is 26.2 Å². The van der Waals surface area contributed by atoms with E-state index in [-0.39, 0.29) is 0 Å². The topological polar surface area (TPSA) is 46.0 Å². The molecule has 0 amide bonds. The van der Waals surface area contributed by atoms with E-state index in [9.17, 15) is 0 Å². The number of hydrogen-bond acceptors (Lipinski definition) is 4. The summed E-state index contributed by atoms with van der Waals surface area (Å²) in [5.74, 6) is 1.05. The predicted octanol–water partition coefficient (Wildman–Crippen LogP) is -0.390. The van der Waals surface area contributed by atoms with E-state index in [1.165, 1.54) is 6.42 Å². The first-order chi connectivity index (χ1) is 6.86. The SMILES string of the molecule is Cn1ncnc1CN1CCCNCC1. The molecule has 0 unspecified atom stereocenters. The van der Waals surface area contributed by atoms with E-state index in [2.05, 4.69) is 20.3 Å². The van der Waals surface area contributed by atoms with Gasteiger partial charge in [-0.2, -0.15) is 5.10 Å². The quantitative estimate of drug-likeness (QED) is 0.698. The molecule has 2 heterocycles. The monoisotopic (exact) mass is 195 g/mol. The molecule has 1 aromatic heterocycles. The zero-order chi connectivity index (χ0) is 9.80. The van der Waals surface area contributed by atoms with Crippen molar-refractivity contribution in [2.45, 2.75) is 13.0 Å². The number of aryl methyl sites for hydroxylation is 1. The van der Waals surface area contributed by atoms with E-state index in [0.717, 1.165) is 38.5 Å². The van der Waals surface area contributed by atoms with Crippen LogP contribution in [0.3, 0.4) is 0 Å². The van der Waals surface area contributed by atoms with E-state index >= 15 is 0 Å². The average molecular weight is 195 g/mol. The molecular formula is C9H17N5. The third kappa shape index (κ3) is 2.30. The third-order valence-electron chi connectivity index (χ3n) is 2.60. The Balaban J connectivity index is 1.92. The highest BCUT2D eigenvalue weighted by Crippen LogP contribution is 2.01. The maximum Gasteiger partial charge on any atom is 0.140 e. The normalized spacial score (nSPS) is 19.5. The molecule has 0 aromatic carbocycles. The van der Waals surface area contributed by atoms with Crippen LogP contribution >= 0.6 is 0 Å². The van der Waals surface area contributed by atoms with Crippen LogP contribution in [-0.4, -0.2) is 45.8 Å². The fourth-order valence-electron chi connectivity index (χ4n) is 1.72. The van der Waals surface area contributed by atoms with Crippen LogP contribution in [-0.2, 0) is 13.6 Å². The van der Waals surface area contributed by atoms with Gasteiger partial charge in [-0.05, 0) is 19.5 Å². The summed E-state index contributed by atoms with van der Waals surface area (Å²) in [5, 5.41) is 7.46. The maximum atomic E-state index is 4.23. The van der Waals surface area contributed by atoms with Gasteiger partial charge in [0.15, 0.2) is 0 Å². The molecule has 0 saturated carbocycles. The van der Waals surface area contributed by atoms with Crippen LogP contribution in [0, 0.1) is 0 Å². The van der Waals surface area contributed by atoms with Crippen molar-refractivity contribution in [3.05, 3.63) is 12.2 Å². The highest BCUT2D eigenvalue weighted by molar-refractivity contribution is 4.84. The molecule has 0 bridgehead atoms. The molecular weight excluding hydrogens is 178 g/mol. The number of nitrogens with zero attached hydrogens (tertiary/aromatic N) is 4. The minimum absolute atomic E-state index is 0.915. The van der Waals surface area contributed by atoms with Gasteiger partial charge in [-0.1, -0.05) is 0 Å². The van der Waals surface area contributed by atoms with Crippen LogP contribution in [0.1, 0.15) is 12.2 Å². The second kappa shape index (κ2) is 4.52. The standard InChI is InChI=1S/C9H17N5/c1-13-9(11-8-12-13)7-14-5-2-3-10-4-6-14/h8,10H,2-7H2,1H3. The fraction of sp³-hybridized carbons (Fsp3) is 0.778. The van der Waals surface area contributed by atoms with Crippen molar-refractivity contribution in [2.24, 2.45) is 7.05 Å². The minimum Gasteiger partial charge on any atom is -0.315 e. The fourth-order valence-corrected chi connectivity index (χ4v) is 1.72. The Bertz CT molecular complexity index is 274. The Morgan fingerprint density at radius 1 is 1.43 bits per heavy atom. The van der Waals surface area contributed by atoms with Gasteiger partial charge in [-0.3, -0.25) is 9.58 Å². The van der Waals surface area contributed by atoms with E-state index in [4.69, 9.17) is 0 Å². The van der Waals surface area contributed by atoms with Gasteiger partial charge in [0.25, 0.3) is 0 Å². The molecule has 1 aliphatic heterocycles. The highest BCUT2D eigenvalue weighted by Gasteiger charge is 2.11. The molecule has 0 atom stereocenters. The van der Waals surface area contributed by atoms with Crippen LogP contribution in [0.2, 0.25) is 0 Å². The van der Waals surface area contributed by atoms with Gasteiger partial charge >= 0.3 is 0 Å². The molecule has 1 N–H and O–H groups in total. The van der Waals surface area contributed by atoms with Gasteiger partial charge in [0.2, 0.25) is 0 Å². The number of hydrogen-bond donors (Lipinski definition) is 1. The number of rotatable bonds is 2. The molecule has 14 heavy (non-hydrogen) atoms. The van der Waals surface area contributed by atoms with Crippen molar-refractivity contribution in [1.29, 1.82) is 0 Å². The molecule has 2 rings (SSSR count). The molecule has 1 aromatic rings. The second-order valence-electron chi connectivity index (χ2n) is 3.68. The molecule has 78 valence electrons. The van der Waals surface area contributed by atoms with Crippen LogP contribution in [0.15, 0.2) is 6.33 Å². The van der Waals surface area contributed by atoms with Crippen LogP contribution in [0.4, 0.5) is 0 Å². The first-order valence-electron chi connectivity index (χ1n) is 5.12. The van der Waals surface area contributed by atoms with Crippen molar-refractivity contribution in [1.82, 2.24) is 25.0 Å². The Kier molecular flexibility index (Phi) is 3.10. The Morgan fingerprint density at radius 2 is 2.36 bits per heavy atom. The third-order valence-corrected chi connectivity index (χ3v) is 2.60. The molecule has 0 spiro atoms. The molecule has 0 radical (unpaired) electrons. The van der Waals surface area contributed by atoms with Crippen molar-refractivity contribution in [3.8, 4) is 0 Å². The lowest BCUT2D eigenvalue weighted by atomic mass is 10.4. The predicted molar refractivity (Wildman–Crippen MR) is 53.8 cm³/mol. The Morgan fingerprint density at radius 3 is 3.14 bits per heavy atom. The Labute approximate surface area is 84.1 Å². The van der Waals surface area contributed by atoms with E-state index in [0.29, 0.717) is 0 Å². The summed E-state index contributed by atoms with van der Waals surface area (Å²) in [6.07, 6.45) is 2.84. The van der Waals surface area contributed by atoms with Gasteiger partial charge in [-0.25, -0.2) is 4.98 Å². The molecule has 5 heteroatoms. The lowest BCUT2D eigenvalue weighted by molar-refractivity contribution is 0.273. The maximum absolute atomic E-state index is 4.23. The smallest absolute Gasteiger partial charge is 0.140 e. The second-order valence-corrected chi connectivity index (χ2v) is 3.68. The summed E-state index contributed by atoms with van der Waals surface area (Å²) < 4.78 is 1.85. The zero-order valence-electron chi connectivity index (χ0n) is 8.61. The molecule has 1 saturated heterocycles.